The Bertz CT molecular complexity index is 647. The summed E-state index contributed by atoms with van der Waals surface area (Å²) in [6, 6.07) is 4.69. The minimum atomic E-state index is -0.371. The molecule has 0 saturated carbocycles. The Balaban J connectivity index is 1.85. The number of hydrogen-bond acceptors (Lipinski definition) is 5. The summed E-state index contributed by atoms with van der Waals surface area (Å²) < 4.78 is 5.52. The topological polar surface area (TPSA) is 78.0 Å². The Labute approximate surface area is 172 Å². The molecular formula is C20H35N5O2S. The second-order valence-corrected chi connectivity index (χ2v) is 9.32. The molecule has 1 amide bonds. The summed E-state index contributed by atoms with van der Waals surface area (Å²) in [6.45, 7) is 13.3. The number of nitrogens with zero attached hydrogens (tertiary/aromatic N) is 2. The molecule has 1 fully saturated rings. The molecule has 7 nitrogen and oxygen atoms in total. The summed E-state index contributed by atoms with van der Waals surface area (Å²) in [5, 5.41) is 9.66. The van der Waals surface area contributed by atoms with Gasteiger partial charge < -0.3 is 20.7 Å². The number of nitrogens with one attached hydrogen (secondary N) is 3. The highest BCUT2D eigenvalue weighted by Crippen LogP contribution is 2.27. The van der Waals surface area contributed by atoms with Crippen LogP contribution in [0, 0.1) is 12.3 Å². The molecule has 2 rings (SSSR count). The van der Waals surface area contributed by atoms with E-state index in [0.717, 1.165) is 38.8 Å². The van der Waals surface area contributed by atoms with Crippen molar-refractivity contribution in [2.75, 3.05) is 53.0 Å². The maximum Gasteiger partial charge on any atom is 0.225 e. The van der Waals surface area contributed by atoms with E-state index < -0.39 is 0 Å². The minimum absolute atomic E-state index is 0.0534. The highest BCUT2D eigenvalue weighted by molar-refractivity contribution is 7.12. The monoisotopic (exact) mass is 409 g/mol. The molecule has 158 valence electrons. The third-order valence-electron chi connectivity index (χ3n) is 4.65. The van der Waals surface area contributed by atoms with E-state index in [1.54, 1.807) is 7.05 Å². The van der Waals surface area contributed by atoms with Crippen molar-refractivity contribution in [3.63, 3.8) is 0 Å². The van der Waals surface area contributed by atoms with Crippen LogP contribution in [0.2, 0.25) is 0 Å². The van der Waals surface area contributed by atoms with Gasteiger partial charge in [0, 0.05) is 54.9 Å². The first kappa shape index (κ1) is 22.6. The minimum Gasteiger partial charge on any atom is -0.379 e. The van der Waals surface area contributed by atoms with Crippen molar-refractivity contribution >= 4 is 23.2 Å². The number of guanidine groups is 1. The van der Waals surface area contributed by atoms with E-state index in [0.29, 0.717) is 19.1 Å². The molecule has 1 aliphatic heterocycles. The zero-order chi connectivity index (χ0) is 20.6. The molecule has 1 aliphatic rings. The average molecular weight is 410 g/mol. The second kappa shape index (κ2) is 10.8. The van der Waals surface area contributed by atoms with Crippen LogP contribution in [0.25, 0.3) is 0 Å². The van der Waals surface area contributed by atoms with Crippen LogP contribution in [0.15, 0.2) is 17.1 Å². The Hall–Kier alpha value is -1.64. The first-order chi connectivity index (χ1) is 13.3. The third kappa shape index (κ3) is 7.07. The van der Waals surface area contributed by atoms with Gasteiger partial charge in [-0.25, -0.2) is 0 Å². The maximum absolute atomic E-state index is 11.9. The Kier molecular flexibility index (Phi) is 8.72. The average Bonchev–Trinajstić information content (AvgIpc) is 3.09. The third-order valence-corrected chi connectivity index (χ3v) is 5.75. The molecule has 1 aromatic heterocycles. The van der Waals surface area contributed by atoms with Crippen LogP contribution < -0.4 is 16.0 Å². The van der Waals surface area contributed by atoms with Crippen LogP contribution in [0.1, 0.15) is 36.6 Å². The number of aliphatic imine (C=N–C) groups is 1. The van der Waals surface area contributed by atoms with E-state index in [4.69, 9.17) is 4.74 Å². The summed E-state index contributed by atoms with van der Waals surface area (Å²) in [4.78, 5) is 21.4. The Morgan fingerprint density at radius 1 is 1.21 bits per heavy atom. The largest absolute Gasteiger partial charge is 0.379 e. The molecule has 1 saturated heterocycles. The molecule has 0 spiro atoms. The van der Waals surface area contributed by atoms with E-state index in [-0.39, 0.29) is 11.3 Å². The highest BCUT2D eigenvalue weighted by Gasteiger charge is 2.24. The van der Waals surface area contributed by atoms with Gasteiger partial charge in [-0.05, 0) is 19.1 Å². The van der Waals surface area contributed by atoms with Crippen molar-refractivity contribution in [1.29, 1.82) is 0 Å². The molecule has 0 aromatic carbocycles. The quantitative estimate of drug-likeness (QED) is 0.363. The number of thiophene rings is 1. The lowest BCUT2D eigenvalue weighted by atomic mass is 9.96. The van der Waals surface area contributed by atoms with Gasteiger partial charge in [-0.1, -0.05) is 20.8 Å². The standard InChI is InChI=1S/C20H35N5O2S/c1-15-6-7-17(28-15)16(25-10-12-27-13-11-25)14-24-19(21-5)23-9-8-22-18(26)20(2,3)4/h6-7,16H,8-14H2,1-5H3,(H,22,26)(H2,21,23,24). The van der Waals surface area contributed by atoms with Gasteiger partial charge in [0.15, 0.2) is 5.96 Å². The lowest BCUT2D eigenvalue weighted by molar-refractivity contribution is -0.128. The fourth-order valence-electron chi connectivity index (χ4n) is 2.97. The van der Waals surface area contributed by atoms with Crippen LogP contribution in [-0.4, -0.2) is 69.8 Å². The number of rotatable bonds is 7. The summed E-state index contributed by atoms with van der Waals surface area (Å²) in [5.41, 5.74) is -0.371. The van der Waals surface area contributed by atoms with E-state index in [9.17, 15) is 4.79 Å². The molecule has 0 aliphatic carbocycles. The molecule has 0 bridgehead atoms. The van der Waals surface area contributed by atoms with Crippen molar-refractivity contribution < 1.29 is 9.53 Å². The second-order valence-electron chi connectivity index (χ2n) is 8.00. The number of hydrogen-bond donors (Lipinski definition) is 3. The lowest BCUT2D eigenvalue weighted by Gasteiger charge is -2.34. The van der Waals surface area contributed by atoms with Crippen LogP contribution in [0.3, 0.4) is 0 Å². The molecule has 1 aromatic rings. The molecular weight excluding hydrogens is 374 g/mol. The number of carbonyl (C=O) groups excluding carboxylic acids is 1. The number of carbonyl (C=O) groups is 1. The van der Waals surface area contributed by atoms with Gasteiger partial charge in [0.05, 0.1) is 19.3 Å². The number of aryl methyl sites for hydroxylation is 1. The summed E-state index contributed by atoms with van der Waals surface area (Å²) in [6.07, 6.45) is 0. The van der Waals surface area contributed by atoms with Crippen molar-refractivity contribution in [2.24, 2.45) is 10.4 Å². The van der Waals surface area contributed by atoms with E-state index in [1.807, 2.05) is 32.1 Å². The smallest absolute Gasteiger partial charge is 0.225 e. The lowest BCUT2D eigenvalue weighted by Crippen LogP contribution is -2.47. The zero-order valence-corrected chi connectivity index (χ0v) is 18.6. The van der Waals surface area contributed by atoms with Gasteiger partial charge in [0.1, 0.15) is 0 Å². The van der Waals surface area contributed by atoms with Gasteiger partial charge in [-0.3, -0.25) is 14.7 Å². The summed E-state index contributed by atoms with van der Waals surface area (Å²) >= 11 is 1.85. The molecule has 2 heterocycles. The van der Waals surface area contributed by atoms with Crippen molar-refractivity contribution in [3.8, 4) is 0 Å². The molecule has 28 heavy (non-hydrogen) atoms. The van der Waals surface area contributed by atoms with Crippen LogP contribution in [0.5, 0.6) is 0 Å². The molecule has 8 heteroatoms. The Morgan fingerprint density at radius 3 is 2.46 bits per heavy atom. The number of amides is 1. The zero-order valence-electron chi connectivity index (χ0n) is 17.8. The maximum atomic E-state index is 11.9. The number of ether oxygens (including phenoxy) is 1. The van der Waals surface area contributed by atoms with Gasteiger partial charge in [-0.2, -0.15) is 0 Å². The van der Waals surface area contributed by atoms with Gasteiger partial charge in [0.25, 0.3) is 0 Å². The predicted octanol–water partition coefficient (Wildman–Crippen LogP) is 1.76. The molecule has 3 N–H and O–H groups in total. The first-order valence-electron chi connectivity index (χ1n) is 9.92. The predicted molar refractivity (Wildman–Crippen MR) is 116 cm³/mol. The van der Waals surface area contributed by atoms with E-state index >= 15 is 0 Å². The van der Waals surface area contributed by atoms with Crippen LogP contribution in [-0.2, 0) is 9.53 Å². The highest BCUT2D eigenvalue weighted by atomic mass is 32.1. The first-order valence-corrected chi connectivity index (χ1v) is 10.7. The SMILES string of the molecule is CN=C(NCCNC(=O)C(C)(C)C)NCC(c1ccc(C)s1)N1CCOCC1. The fraction of sp³-hybridized carbons (Fsp3) is 0.700. The van der Waals surface area contributed by atoms with E-state index in [2.05, 4.69) is 44.9 Å². The normalized spacial score (nSPS) is 17.2. The molecule has 1 atom stereocenters. The number of morpholine rings is 1. The fourth-order valence-corrected chi connectivity index (χ4v) is 3.98. The summed E-state index contributed by atoms with van der Waals surface area (Å²) in [5.74, 6) is 0.800. The van der Waals surface area contributed by atoms with Crippen LogP contribution in [0.4, 0.5) is 0 Å². The molecule has 1 unspecified atom stereocenters. The van der Waals surface area contributed by atoms with Crippen molar-refractivity contribution in [2.45, 2.75) is 33.7 Å². The van der Waals surface area contributed by atoms with Gasteiger partial charge in [0.2, 0.25) is 5.91 Å². The van der Waals surface area contributed by atoms with Crippen LogP contribution >= 0.6 is 11.3 Å². The Morgan fingerprint density at radius 2 is 1.89 bits per heavy atom. The van der Waals surface area contributed by atoms with Gasteiger partial charge >= 0.3 is 0 Å². The van der Waals surface area contributed by atoms with Gasteiger partial charge in [-0.15, -0.1) is 11.3 Å². The van der Waals surface area contributed by atoms with E-state index in [1.165, 1.54) is 9.75 Å². The van der Waals surface area contributed by atoms with Crippen molar-refractivity contribution in [3.05, 3.63) is 21.9 Å². The van der Waals surface area contributed by atoms with Crippen molar-refractivity contribution in [1.82, 2.24) is 20.9 Å². The summed E-state index contributed by atoms with van der Waals surface area (Å²) in [7, 11) is 1.77. The molecule has 0 radical (unpaired) electrons.